The van der Waals surface area contributed by atoms with Crippen molar-refractivity contribution < 1.29 is 80.2 Å². The number of aliphatic hydroxyl groups is 1. The molecule has 0 saturated carbocycles. The van der Waals surface area contributed by atoms with Crippen LogP contribution >= 0.6 is 15.6 Å². The lowest BCUT2D eigenvalue weighted by Gasteiger charge is -2.21. The molecule has 0 bridgehead atoms. The maximum atomic E-state index is 13.1. The van der Waals surface area contributed by atoms with Gasteiger partial charge in [0.05, 0.1) is 26.4 Å². The monoisotopic (exact) mass is 1420 g/mol. The summed E-state index contributed by atoms with van der Waals surface area (Å²) in [5.74, 6) is -1.39. The fourth-order valence-electron chi connectivity index (χ4n) is 12.1. The first-order valence-corrected chi connectivity index (χ1v) is 43.6. The van der Waals surface area contributed by atoms with E-state index in [0.29, 0.717) is 25.7 Å². The number of phosphoric ester groups is 2. The molecule has 3 N–H and O–H groups in total. The summed E-state index contributed by atoms with van der Waals surface area (Å²) in [5, 5.41) is 10.6. The van der Waals surface area contributed by atoms with Crippen LogP contribution in [0.15, 0.2) is 0 Å². The summed E-state index contributed by atoms with van der Waals surface area (Å²) < 4.78 is 68.6. The minimum Gasteiger partial charge on any atom is -0.462 e. The van der Waals surface area contributed by atoms with E-state index in [2.05, 4.69) is 34.6 Å². The smallest absolute Gasteiger partial charge is 0.462 e. The van der Waals surface area contributed by atoms with Gasteiger partial charge in [0.15, 0.2) is 12.2 Å². The van der Waals surface area contributed by atoms with E-state index in [4.69, 9.17) is 37.0 Å². The second-order valence-corrected chi connectivity index (χ2v) is 31.5. The minimum atomic E-state index is -4.96. The van der Waals surface area contributed by atoms with Crippen molar-refractivity contribution in [3.63, 3.8) is 0 Å². The molecule has 0 saturated heterocycles. The van der Waals surface area contributed by atoms with Crippen LogP contribution in [0.4, 0.5) is 0 Å². The summed E-state index contributed by atoms with van der Waals surface area (Å²) >= 11 is 0. The third-order valence-electron chi connectivity index (χ3n) is 18.3. The summed E-state index contributed by atoms with van der Waals surface area (Å²) in [6.07, 6.45) is 61.1. The van der Waals surface area contributed by atoms with Gasteiger partial charge in [-0.15, -0.1) is 0 Å². The zero-order valence-electron chi connectivity index (χ0n) is 63.2. The van der Waals surface area contributed by atoms with Crippen LogP contribution in [0, 0.1) is 5.92 Å². The first-order chi connectivity index (χ1) is 47.0. The molecule has 0 amide bonds. The lowest BCUT2D eigenvalue weighted by molar-refractivity contribution is -0.161. The maximum absolute atomic E-state index is 13.1. The number of carbonyl (C=O) groups is 4. The van der Waals surface area contributed by atoms with Gasteiger partial charge in [0.2, 0.25) is 0 Å². The Morgan fingerprint density at radius 2 is 0.474 bits per heavy atom. The van der Waals surface area contributed by atoms with Gasteiger partial charge in [-0.2, -0.15) is 0 Å². The van der Waals surface area contributed by atoms with Crippen LogP contribution in [0.2, 0.25) is 0 Å². The zero-order chi connectivity index (χ0) is 71.2. The first-order valence-electron chi connectivity index (χ1n) is 40.6. The third kappa shape index (κ3) is 72.2. The van der Waals surface area contributed by atoms with Gasteiger partial charge in [0, 0.05) is 25.7 Å². The van der Waals surface area contributed by atoms with Gasteiger partial charge in [0.1, 0.15) is 19.3 Å². The highest BCUT2D eigenvalue weighted by Gasteiger charge is 2.30. The molecule has 19 heteroatoms. The van der Waals surface area contributed by atoms with Gasteiger partial charge in [-0.1, -0.05) is 362 Å². The minimum absolute atomic E-state index is 0.105. The van der Waals surface area contributed by atoms with Crippen molar-refractivity contribution >= 4 is 39.5 Å². The van der Waals surface area contributed by atoms with Crippen LogP contribution in [0.5, 0.6) is 0 Å². The Labute approximate surface area is 594 Å². The predicted molar refractivity (Wildman–Crippen MR) is 395 cm³/mol. The molecule has 0 spiro atoms. The second-order valence-electron chi connectivity index (χ2n) is 28.6. The van der Waals surface area contributed by atoms with E-state index in [1.54, 1.807) is 0 Å². The van der Waals surface area contributed by atoms with Crippen molar-refractivity contribution in [2.24, 2.45) is 5.92 Å². The van der Waals surface area contributed by atoms with E-state index in [-0.39, 0.29) is 25.7 Å². The molecule has 2 unspecified atom stereocenters. The van der Waals surface area contributed by atoms with Gasteiger partial charge in [-0.05, 0) is 31.6 Å². The highest BCUT2D eigenvalue weighted by Crippen LogP contribution is 2.45. The van der Waals surface area contributed by atoms with E-state index in [1.807, 2.05) is 0 Å². The molecule has 17 nitrogen and oxygen atoms in total. The molecule has 0 radical (unpaired) electrons. The van der Waals surface area contributed by atoms with Gasteiger partial charge in [0.25, 0.3) is 0 Å². The Balaban J connectivity index is 5.21. The molecule has 0 aromatic heterocycles. The molecule has 0 aromatic carbocycles. The van der Waals surface area contributed by atoms with Crippen LogP contribution in [-0.4, -0.2) is 96.7 Å². The maximum Gasteiger partial charge on any atom is 0.472 e. The molecule has 97 heavy (non-hydrogen) atoms. The molecule has 0 aliphatic carbocycles. The molecule has 576 valence electrons. The van der Waals surface area contributed by atoms with Crippen LogP contribution in [0.25, 0.3) is 0 Å². The van der Waals surface area contributed by atoms with Crippen molar-refractivity contribution in [3.8, 4) is 0 Å². The number of phosphoric acid groups is 2. The zero-order valence-corrected chi connectivity index (χ0v) is 65.0. The quantitative estimate of drug-likeness (QED) is 0.0222. The highest BCUT2D eigenvalue weighted by atomic mass is 31.2. The van der Waals surface area contributed by atoms with E-state index >= 15 is 0 Å². The summed E-state index contributed by atoms with van der Waals surface area (Å²) in [4.78, 5) is 72.8. The molecular formula is C78H152O17P2. The van der Waals surface area contributed by atoms with Gasteiger partial charge in [-0.3, -0.25) is 37.3 Å². The number of ether oxygens (including phenoxy) is 4. The average Bonchev–Trinajstić information content (AvgIpc) is 1.26. The van der Waals surface area contributed by atoms with Crippen LogP contribution in [0.1, 0.15) is 413 Å². The largest absolute Gasteiger partial charge is 0.472 e. The van der Waals surface area contributed by atoms with Crippen molar-refractivity contribution in [2.45, 2.75) is 432 Å². The molecule has 0 rings (SSSR count). The molecule has 0 aromatic rings. The number of hydrogen-bond donors (Lipinski definition) is 3. The Kier molecular flexibility index (Phi) is 69.6. The summed E-state index contributed by atoms with van der Waals surface area (Å²) in [6, 6.07) is 0. The number of aliphatic hydroxyl groups excluding tert-OH is 1. The topological polar surface area (TPSA) is 237 Å². The Morgan fingerprint density at radius 1 is 0.278 bits per heavy atom. The first kappa shape index (κ1) is 95.1. The van der Waals surface area contributed by atoms with Crippen LogP contribution < -0.4 is 0 Å². The van der Waals surface area contributed by atoms with E-state index in [1.165, 1.54) is 238 Å². The number of unbranched alkanes of at least 4 members (excludes halogenated alkanes) is 50. The SMILES string of the molecule is CCCCCCCCCCCCCCCCCCCCCCC(=O)O[C@H](COC(=O)CCCCCCCCCCCCCCCCCC)COP(=O)(O)OC[C@@H](O)COP(=O)(O)OC[C@@H](COC(=O)CCCCCCCCCCCC)OC(=O)CCCCCCCCCCC(C)C. The fraction of sp³-hybridized carbons (Fsp3) is 0.949. The van der Waals surface area contributed by atoms with Crippen molar-refractivity contribution in [1.29, 1.82) is 0 Å². The summed E-state index contributed by atoms with van der Waals surface area (Å²) in [6.45, 7) is 7.26. The van der Waals surface area contributed by atoms with Crippen molar-refractivity contribution in [2.75, 3.05) is 39.6 Å². The number of hydrogen-bond acceptors (Lipinski definition) is 15. The molecule has 5 atom stereocenters. The van der Waals surface area contributed by atoms with Crippen molar-refractivity contribution in [3.05, 3.63) is 0 Å². The summed E-state index contributed by atoms with van der Waals surface area (Å²) in [7, 11) is -9.91. The molecule has 0 aliphatic heterocycles. The number of esters is 4. The van der Waals surface area contributed by atoms with E-state index in [9.17, 15) is 43.2 Å². The molecule has 0 aliphatic rings. The Bertz CT molecular complexity index is 1860. The van der Waals surface area contributed by atoms with Gasteiger partial charge >= 0.3 is 39.5 Å². The Morgan fingerprint density at radius 3 is 0.701 bits per heavy atom. The lowest BCUT2D eigenvalue weighted by atomic mass is 10.0. The molecule has 0 heterocycles. The van der Waals surface area contributed by atoms with Gasteiger partial charge < -0.3 is 33.8 Å². The highest BCUT2D eigenvalue weighted by molar-refractivity contribution is 7.47. The average molecular weight is 1420 g/mol. The number of rotatable bonds is 78. The lowest BCUT2D eigenvalue weighted by Crippen LogP contribution is -2.30. The van der Waals surface area contributed by atoms with Gasteiger partial charge in [-0.25, -0.2) is 9.13 Å². The normalized spacial score (nSPS) is 13.9. The molecular weight excluding hydrogens is 1270 g/mol. The fourth-order valence-corrected chi connectivity index (χ4v) is 13.6. The molecule has 0 fully saturated rings. The summed E-state index contributed by atoms with van der Waals surface area (Å²) in [5.41, 5.74) is 0. The third-order valence-corrected chi connectivity index (χ3v) is 20.2. The standard InChI is InChI=1S/C78H152O17P2/c1-6-9-12-15-18-21-24-26-28-30-31-32-33-35-37-39-42-48-53-58-63-77(82)94-73(67-89-76(81)62-57-52-47-41-38-36-34-29-27-25-22-19-16-13-10-7-2)69-92-96(84,85)90-65-72(79)66-91-97(86,87)93-70-74(68-88-75(80)61-56-51-46-40-23-20-17-14-11-8-3)95-78(83)64-59-54-49-44-43-45-50-55-60-71(4)5/h71-74,79H,6-70H2,1-5H3,(H,84,85)(H,86,87)/t72-,73-,74-/m1/s1. The Hall–Kier alpha value is -1.94. The van der Waals surface area contributed by atoms with Crippen LogP contribution in [-0.2, 0) is 65.4 Å². The van der Waals surface area contributed by atoms with Crippen molar-refractivity contribution in [1.82, 2.24) is 0 Å². The predicted octanol–water partition coefficient (Wildman–Crippen LogP) is 23.3. The van der Waals surface area contributed by atoms with E-state index in [0.717, 1.165) is 95.8 Å². The second kappa shape index (κ2) is 71.1. The number of carbonyl (C=O) groups excluding carboxylic acids is 4. The van der Waals surface area contributed by atoms with Crippen LogP contribution in [0.3, 0.4) is 0 Å². The van der Waals surface area contributed by atoms with E-state index < -0.39 is 97.5 Å².